The maximum absolute atomic E-state index is 12.9. The van der Waals surface area contributed by atoms with Crippen molar-refractivity contribution in [2.75, 3.05) is 51.3 Å². The molecule has 1 aromatic heterocycles. The molecular formula is C22H28N4O2. The summed E-state index contributed by atoms with van der Waals surface area (Å²) in [5.74, 6) is 0.874. The molecule has 0 bridgehead atoms. The van der Waals surface area contributed by atoms with Gasteiger partial charge in [-0.1, -0.05) is 24.3 Å². The Morgan fingerprint density at radius 3 is 2.61 bits per heavy atom. The highest BCUT2D eigenvalue weighted by Gasteiger charge is 2.25. The zero-order valence-electron chi connectivity index (χ0n) is 16.5. The second kappa shape index (κ2) is 8.71. The third kappa shape index (κ3) is 4.34. The fourth-order valence-electron chi connectivity index (χ4n) is 4.06. The lowest BCUT2D eigenvalue weighted by Crippen LogP contribution is -2.50. The van der Waals surface area contributed by atoms with Crippen molar-refractivity contribution >= 4 is 11.6 Å². The Morgan fingerprint density at radius 2 is 1.79 bits per heavy atom. The van der Waals surface area contributed by atoms with E-state index in [9.17, 15) is 4.79 Å². The summed E-state index contributed by atoms with van der Waals surface area (Å²) in [4.78, 5) is 24.1. The topological polar surface area (TPSA) is 48.9 Å². The number of methoxy groups -OCH3 is 1. The van der Waals surface area contributed by atoms with Gasteiger partial charge in [-0.2, -0.15) is 0 Å². The van der Waals surface area contributed by atoms with Gasteiger partial charge in [0.25, 0.3) is 0 Å². The van der Waals surface area contributed by atoms with Gasteiger partial charge in [0.1, 0.15) is 0 Å². The number of para-hydroxylation sites is 1. The van der Waals surface area contributed by atoms with Crippen LogP contribution in [0.3, 0.4) is 0 Å². The Bertz CT molecular complexity index is 818. The predicted molar refractivity (Wildman–Crippen MR) is 110 cm³/mol. The monoisotopic (exact) mass is 380 g/mol. The first-order chi connectivity index (χ1) is 13.7. The van der Waals surface area contributed by atoms with Crippen molar-refractivity contribution in [2.24, 2.45) is 0 Å². The number of hydrogen-bond acceptors (Lipinski definition) is 5. The number of pyridine rings is 1. The SMILES string of the molecule is COc1cccc(CN2CCN(CC(=O)N3CCCc4ccccc43)CC2)n1. The van der Waals surface area contributed by atoms with Crippen LogP contribution in [0, 0.1) is 0 Å². The maximum Gasteiger partial charge on any atom is 0.241 e. The highest BCUT2D eigenvalue weighted by Crippen LogP contribution is 2.26. The zero-order valence-corrected chi connectivity index (χ0v) is 16.5. The minimum absolute atomic E-state index is 0.218. The standard InChI is InChI=1S/C22H28N4O2/c1-28-21-10-4-8-19(23-21)16-24-12-14-25(15-13-24)17-22(27)26-11-5-7-18-6-2-3-9-20(18)26/h2-4,6,8-10H,5,7,11-17H2,1H3. The largest absolute Gasteiger partial charge is 0.481 e. The number of fused-ring (bicyclic) bond motifs is 1. The van der Waals surface area contributed by atoms with E-state index in [0.717, 1.165) is 63.5 Å². The molecule has 0 radical (unpaired) electrons. The van der Waals surface area contributed by atoms with Crippen molar-refractivity contribution in [1.29, 1.82) is 0 Å². The normalized spacial score (nSPS) is 18.0. The number of ether oxygens (including phenoxy) is 1. The number of nitrogens with zero attached hydrogens (tertiary/aromatic N) is 4. The van der Waals surface area contributed by atoms with Crippen LogP contribution in [0.1, 0.15) is 17.7 Å². The Balaban J connectivity index is 1.29. The number of amides is 1. The molecule has 2 aliphatic rings. The van der Waals surface area contributed by atoms with E-state index >= 15 is 0 Å². The maximum atomic E-state index is 12.9. The minimum Gasteiger partial charge on any atom is -0.481 e. The van der Waals surface area contributed by atoms with Crippen molar-refractivity contribution < 1.29 is 9.53 Å². The molecule has 4 rings (SSSR count). The Kier molecular flexibility index (Phi) is 5.88. The average Bonchev–Trinajstić information content (AvgIpc) is 2.75. The lowest BCUT2D eigenvalue weighted by atomic mass is 10.0. The number of piperazine rings is 1. The number of carbonyl (C=O) groups is 1. The van der Waals surface area contributed by atoms with Crippen molar-refractivity contribution in [2.45, 2.75) is 19.4 Å². The number of aryl methyl sites for hydroxylation is 1. The van der Waals surface area contributed by atoms with Crippen LogP contribution in [0.15, 0.2) is 42.5 Å². The lowest BCUT2D eigenvalue weighted by Gasteiger charge is -2.36. The average molecular weight is 380 g/mol. The molecule has 1 saturated heterocycles. The highest BCUT2D eigenvalue weighted by molar-refractivity contribution is 5.95. The van der Waals surface area contributed by atoms with E-state index in [4.69, 9.17) is 4.74 Å². The molecule has 0 saturated carbocycles. The van der Waals surface area contributed by atoms with Gasteiger partial charge >= 0.3 is 0 Å². The smallest absolute Gasteiger partial charge is 0.241 e. The van der Waals surface area contributed by atoms with Crippen LogP contribution in [0.25, 0.3) is 0 Å². The molecule has 28 heavy (non-hydrogen) atoms. The molecule has 1 aromatic carbocycles. The Morgan fingerprint density at radius 1 is 1.00 bits per heavy atom. The third-order valence-electron chi connectivity index (χ3n) is 5.61. The van der Waals surface area contributed by atoms with Gasteiger partial charge in [-0.05, 0) is 30.5 Å². The summed E-state index contributed by atoms with van der Waals surface area (Å²) in [6, 6.07) is 14.2. The molecule has 2 aliphatic heterocycles. The molecule has 0 unspecified atom stereocenters. The van der Waals surface area contributed by atoms with Crippen LogP contribution in [0.4, 0.5) is 5.69 Å². The van der Waals surface area contributed by atoms with Crippen LogP contribution in [0.5, 0.6) is 5.88 Å². The number of aromatic nitrogens is 1. The van der Waals surface area contributed by atoms with Crippen LogP contribution < -0.4 is 9.64 Å². The molecular weight excluding hydrogens is 352 g/mol. The molecule has 1 amide bonds. The molecule has 0 spiro atoms. The molecule has 0 N–H and O–H groups in total. The molecule has 0 atom stereocenters. The van der Waals surface area contributed by atoms with E-state index in [1.165, 1.54) is 5.56 Å². The summed E-state index contributed by atoms with van der Waals surface area (Å²) < 4.78 is 5.21. The van der Waals surface area contributed by atoms with Gasteiger partial charge in [-0.3, -0.25) is 14.6 Å². The Hall–Kier alpha value is -2.44. The second-order valence-electron chi connectivity index (χ2n) is 7.50. The van der Waals surface area contributed by atoms with Crippen molar-refractivity contribution in [3.8, 4) is 5.88 Å². The van der Waals surface area contributed by atoms with Gasteiger partial charge in [0.15, 0.2) is 0 Å². The summed E-state index contributed by atoms with van der Waals surface area (Å²) >= 11 is 0. The van der Waals surface area contributed by atoms with Gasteiger partial charge in [0.05, 0.1) is 19.3 Å². The van der Waals surface area contributed by atoms with Gasteiger partial charge in [0, 0.05) is 51.0 Å². The number of benzene rings is 1. The van der Waals surface area contributed by atoms with Crippen LogP contribution in [-0.2, 0) is 17.8 Å². The zero-order chi connectivity index (χ0) is 19.3. The van der Waals surface area contributed by atoms with E-state index in [0.29, 0.717) is 12.4 Å². The van der Waals surface area contributed by atoms with Crippen LogP contribution >= 0.6 is 0 Å². The van der Waals surface area contributed by atoms with Crippen molar-refractivity contribution in [3.05, 3.63) is 53.7 Å². The fourth-order valence-corrected chi connectivity index (χ4v) is 4.06. The molecule has 3 heterocycles. The predicted octanol–water partition coefficient (Wildman–Crippen LogP) is 2.19. The number of carbonyl (C=O) groups excluding carboxylic acids is 1. The van der Waals surface area contributed by atoms with E-state index < -0.39 is 0 Å². The molecule has 6 nitrogen and oxygen atoms in total. The molecule has 0 aliphatic carbocycles. The summed E-state index contributed by atoms with van der Waals surface area (Å²) in [6.45, 7) is 5.86. The van der Waals surface area contributed by atoms with Crippen LogP contribution in [-0.4, -0.2) is 67.1 Å². The van der Waals surface area contributed by atoms with Gasteiger partial charge < -0.3 is 9.64 Å². The first-order valence-electron chi connectivity index (χ1n) is 10.1. The van der Waals surface area contributed by atoms with E-state index in [-0.39, 0.29) is 5.91 Å². The summed E-state index contributed by atoms with van der Waals surface area (Å²) in [5.41, 5.74) is 3.41. The quantitative estimate of drug-likeness (QED) is 0.796. The highest BCUT2D eigenvalue weighted by atomic mass is 16.5. The second-order valence-corrected chi connectivity index (χ2v) is 7.50. The van der Waals surface area contributed by atoms with Gasteiger partial charge in [0.2, 0.25) is 11.8 Å². The van der Waals surface area contributed by atoms with E-state index in [2.05, 4.69) is 33.0 Å². The van der Waals surface area contributed by atoms with Crippen molar-refractivity contribution in [1.82, 2.24) is 14.8 Å². The third-order valence-corrected chi connectivity index (χ3v) is 5.61. The van der Waals surface area contributed by atoms with E-state index in [1.54, 1.807) is 7.11 Å². The summed E-state index contributed by atoms with van der Waals surface area (Å²) in [7, 11) is 1.64. The van der Waals surface area contributed by atoms with Crippen LogP contribution in [0.2, 0.25) is 0 Å². The number of hydrogen-bond donors (Lipinski definition) is 0. The number of rotatable bonds is 5. The molecule has 148 valence electrons. The Labute approximate surface area is 166 Å². The minimum atomic E-state index is 0.218. The summed E-state index contributed by atoms with van der Waals surface area (Å²) in [6.07, 6.45) is 2.11. The van der Waals surface area contributed by atoms with Gasteiger partial charge in [-0.15, -0.1) is 0 Å². The summed E-state index contributed by atoms with van der Waals surface area (Å²) in [5, 5.41) is 0. The van der Waals surface area contributed by atoms with Gasteiger partial charge in [-0.25, -0.2) is 4.98 Å². The fraction of sp³-hybridized carbons (Fsp3) is 0.455. The molecule has 6 heteroatoms. The molecule has 2 aromatic rings. The van der Waals surface area contributed by atoms with E-state index in [1.807, 2.05) is 29.2 Å². The first-order valence-corrected chi connectivity index (χ1v) is 10.1. The van der Waals surface area contributed by atoms with Crippen molar-refractivity contribution in [3.63, 3.8) is 0 Å². The number of anilines is 1. The lowest BCUT2D eigenvalue weighted by molar-refractivity contribution is -0.120. The first kappa shape index (κ1) is 18.9. The molecule has 1 fully saturated rings.